The number of ether oxygens (including phenoxy) is 2. The van der Waals surface area contributed by atoms with Crippen molar-refractivity contribution >= 4 is 17.4 Å². The van der Waals surface area contributed by atoms with E-state index in [2.05, 4.69) is 10.3 Å². The summed E-state index contributed by atoms with van der Waals surface area (Å²) >= 11 is 0. The minimum Gasteiger partial charge on any atom is -0.454 e. The van der Waals surface area contributed by atoms with Crippen LogP contribution in [0.15, 0.2) is 30.5 Å². The Bertz CT molecular complexity index is 775. The lowest BCUT2D eigenvalue weighted by Gasteiger charge is -2.06. The number of amides is 1. The molecule has 1 amide bonds. The number of aryl methyl sites for hydroxylation is 1. The molecule has 0 radical (unpaired) electrons. The standard InChI is InChI=1S/C14H11N3O5/c1-8-4-13(15-6-10(8)17(19)20)16-14(18)9-2-3-11-12(5-9)22-7-21-11/h2-6H,7H2,1H3,(H,15,16,18). The van der Waals surface area contributed by atoms with Crippen LogP contribution in [-0.4, -0.2) is 22.6 Å². The normalized spacial score (nSPS) is 12.0. The van der Waals surface area contributed by atoms with Gasteiger partial charge in [0.2, 0.25) is 6.79 Å². The SMILES string of the molecule is Cc1cc(NC(=O)c2ccc3c(c2)OCO3)ncc1[N+](=O)[O-]. The highest BCUT2D eigenvalue weighted by molar-refractivity contribution is 6.04. The molecule has 112 valence electrons. The average molecular weight is 301 g/mol. The highest BCUT2D eigenvalue weighted by Gasteiger charge is 2.17. The molecule has 1 N–H and O–H groups in total. The average Bonchev–Trinajstić information content (AvgIpc) is 2.94. The van der Waals surface area contributed by atoms with Crippen LogP contribution in [0.4, 0.5) is 11.5 Å². The molecule has 0 fully saturated rings. The number of carbonyl (C=O) groups excluding carboxylic acids is 1. The summed E-state index contributed by atoms with van der Waals surface area (Å²) in [4.78, 5) is 26.2. The number of hydrogen-bond donors (Lipinski definition) is 1. The molecule has 8 nitrogen and oxygen atoms in total. The molecular weight excluding hydrogens is 290 g/mol. The molecule has 0 aliphatic carbocycles. The molecule has 0 saturated heterocycles. The van der Waals surface area contributed by atoms with E-state index in [9.17, 15) is 14.9 Å². The van der Waals surface area contributed by atoms with Crippen molar-refractivity contribution in [3.63, 3.8) is 0 Å². The van der Waals surface area contributed by atoms with Crippen LogP contribution in [0.3, 0.4) is 0 Å². The second-order valence-electron chi connectivity index (χ2n) is 4.64. The van der Waals surface area contributed by atoms with E-state index in [1.54, 1.807) is 25.1 Å². The zero-order valence-corrected chi connectivity index (χ0v) is 11.5. The monoisotopic (exact) mass is 301 g/mol. The van der Waals surface area contributed by atoms with E-state index in [4.69, 9.17) is 9.47 Å². The van der Waals surface area contributed by atoms with Crippen LogP contribution in [-0.2, 0) is 0 Å². The first-order chi connectivity index (χ1) is 10.5. The highest BCUT2D eigenvalue weighted by Crippen LogP contribution is 2.32. The highest BCUT2D eigenvalue weighted by atomic mass is 16.7. The zero-order valence-electron chi connectivity index (χ0n) is 11.5. The van der Waals surface area contributed by atoms with E-state index in [0.717, 1.165) is 6.20 Å². The van der Waals surface area contributed by atoms with Gasteiger partial charge in [-0.1, -0.05) is 0 Å². The predicted molar refractivity (Wildman–Crippen MR) is 76.1 cm³/mol. The van der Waals surface area contributed by atoms with E-state index in [-0.39, 0.29) is 24.2 Å². The minimum absolute atomic E-state index is 0.0962. The fourth-order valence-electron chi connectivity index (χ4n) is 2.03. The number of aromatic nitrogens is 1. The van der Waals surface area contributed by atoms with Gasteiger partial charge in [-0.3, -0.25) is 14.9 Å². The smallest absolute Gasteiger partial charge is 0.290 e. The number of carbonyl (C=O) groups is 1. The Hall–Kier alpha value is -3.16. The van der Waals surface area contributed by atoms with Crippen molar-refractivity contribution in [2.45, 2.75) is 6.92 Å². The van der Waals surface area contributed by atoms with E-state index in [1.165, 1.54) is 6.07 Å². The summed E-state index contributed by atoms with van der Waals surface area (Å²) < 4.78 is 10.4. The molecule has 1 aliphatic heterocycles. The third kappa shape index (κ3) is 2.53. The summed E-state index contributed by atoms with van der Waals surface area (Å²) in [7, 11) is 0. The molecule has 0 spiro atoms. The predicted octanol–water partition coefficient (Wildman–Crippen LogP) is 2.28. The Labute approximate surface area is 124 Å². The maximum atomic E-state index is 12.2. The molecule has 8 heteroatoms. The Kier molecular flexibility index (Phi) is 3.34. The second-order valence-corrected chi connectivity index (χ2v) is 4.64. The number of nitrogens with one attached hydrogen (secondary N) is 1. The number of rotatable bonds is 3. The van der Waals surface area contributed by atoms with Gasteiger partial charge in [0.05, 0.1) is 4.92 Å². The van der Waals surface area contributed by atoms with Crippen LogP contribution >= 0.6 is 0 Å². The molecule has 22 heavy (non-hydrogen) atoms. The summed E-state index contributed by atoms with van der Waals surface area (Å²) in [6.45, 7) is 1.71. The van der Waals surface area contributed by atoms with Crippen molar-refractivity contribution in [3.8, 4) is 11.5 Å². The largest absolute Gasteiger partial charge is 0.454 e. The lowest BCUT2D eigenvalue weighted by Crippen LogP contribution is -2.13. The number of fused-ring (bicyclic) bond motifs is 1. The van der Waals surface area contributed by atoms with E-state index in [0.29, 0.717) is 22.6 Å². The van der Waals surface area contributed by atoms with Crippen LogP contribution in [0, 0.1) is 17.0 Å². The second kappa shape index (κ2) is 5.32. The maximum absolute atomic E-state index is 12.2. The van der Waals surface area contributed by atoms with Crippen molar-refractivity contribution in [1.29, 1.82) is 0 Å². The molecule has 0 saturated carbocycles. The topological polar surface area (TPSA) is 104 Å². The molecule has 0 unspecified atom stereocenters. The van der Waals surface area contributed by atoms with Crippen LogP contribution in [0.2, 0.25) is 0 Å². The van der Waals surface area contributed by atoms with E-state index < -0.39 is 4.92 Å². The number of nitrogens with zero attached hydrogens (tertiary/aromatic N) is 2. The fourth-order valence-corrected chi connectivity index (χ4v) is 2.03. The Balaban J connectivity index is 1.79. The Morgan fingerprint density at radius 2 is 2.09 bits per heavy atom. The third-order valence-electron chi connectivity index (χ3n) is 3.16. The van der Waals surface area contributed by atoms with Gasteiger partial charge >= 0.3 is 0 Å². The third-order valence-corrected chi connectivity index (χ3v) is 3.16. The van der Waals surface area contributed by atoms with Gasteiger partial charge in [0, 0.05) is 11.1 Å². The molecule has 3 rings (SSSR count). The molecule has 1 aliphatic rings. The fraction of sp³-hybridized carbons (Fsp3) is 0.143. The Morgan fingerprint density at radius 1 is 1.32 bits per heavy atom. The zero-order chi connectivity index (χ0) is 15.7. The number of hydrogen-bond acceptors (Lipinski definition) is 6. The van der Waals surface area contributed by atoms with Gasteiger partial charge < -0.3 is 14.8 Å². The van der Waals surface area contributed by atoms with Crippen molar-refractivity contribution in [3.05, 3.63) is 51.7 Å². The summed E-state index contributed by atoms with van der Waals surface area (Å²) in [5, 5.41) is 13.3. The van der Waals surface area contributed by atoms with Crippen LogP contribution in [0.5, 0.6) is 11.5 Å². The van der Waals surface area contributed by atoms with Crippen LogP contribution in [0.25, 0.3) is 0 Å². The maximum Gasteiger partial charge on any atom is 0.290 e. The number of anilines is 1. The lowest BCUT2D eigenvalue weighted by molar-refractivity contribution is -0.385. The first-order valence-electron chi connectivity index (χ1n) is 6.36. The molecule has 1 aromatic heterocycles. The first-order valence-corrected chi connectivity index (χ1v) is 6.36. The first kappa shape index (κ1) is 13.8. The summed E-state index contributed by atoms with van der Waals surface area (Å²) in [6.07, 6.45) is 1.12. The molecular formula is C14H11N3O5. The quantitative estimate of drug-likeness (QED) is 0.689. The Morgan fingerprint density at radius 3 is 2.82 bits per heavy atom. The van der Waals surface area contributed by atoms with Crippen molar-refractivity contribution < 1.29 is 19.2 Å². The molecule has 2 heterocycles. The van der Waals surface area contributed by atoms with Crippen molar-refractivity contribution in [1.82, 2.24) is 4.98 Å². The number of benzene rings is 1. The summed E-state index contributed by atoms with van der Waals surface area (Å²) in [5.74, 6) is 0.936. The van der Waals surface area contributed by atoms with Gasteiger partial charge in [0.25, 0.3) is 11.6 Å². The number of pyridine rings is 1. The van der Waals surface area contributed by atoms with Gasteiger partial charge in [0.1, 0.15) is 12.0 Å². The van der Waals surface area contributed by atoms with Gasteiger partial charge in [-0.15, -0.1) is 0 Å². The minimum atomic E-state index is -0.522. The van der Waals surface area contributed by atoms with Crippen molar-refractivity contribution in [2.75, 3.05) is 12.1 Å². The van der Waals surface area contributed by atoms with E-state index in [1.807, 2.05) is 0 Å². The van der Waals surface area contributed by atoms with Crippen LogP contribution < -0.4 is 14.8 Å². The lowest BCUT2D eigenvalue weighted by atomic mass is 10.2. The molecule has 1 aromatic carbocycles. The van der Waals surface area contributed by atoms with Gasteiger partial charge in [-0.25, -0.2) is 4.98 Å². The van der Waals surface area contributed by atoms with Crippen molar-refractivity contribution in [2.24, 2.45) is 0 Å². The summed E-state index contributed by atoms with van der Waals surface area (Å²) in [6, 6.07) is 6.26. The van der Waals surface area contributed by atoms with Gasteiger partial charge in [0.15, 0.2) is 11.5 Å². The molecule has 2 aromatic rings. The van der Waals surface area contributed by atoms with E-state index >= 15 is 0 Å². The summed E-state index contributed by atoms with van der Waals surface area (Å²) in [5.41, 5.74) is 0.698. The van der Waals surface area contributed by atoms with Crippen LogP contribution in [0.1, 0.15) is 15.9 Å². The van der Waals surface area contributed by atoms with Gasteiger partial charge in [-0.05, 0) is 31.2 Å². The molecule has 0 bridgehead atoms. The van der Waals surface area contributed by atoms with Gasteiger partial charge in [-0.2, -0.15) is 0 Å². The molecule has 0 atom stereocenters. The number of nitro groups is 1.